The number of fused-ring (bicyclic) bond motifs is 2. The zero-order chi connectivity index (χ0) is 18.3. The molecule has 1 unspecified atom stereocenters. The molecule has 1 aliphatic rings. The summed E-state index contributed by atoms with van der Waals surface area (Å²) in [6.45, 7) is 9.07. The number of hydrogen-bond acceptors (Lipinski definition) is 2. The van der Waals surface area contributed by atoms with E-state index in [1.165, 1.54) is 37.9 Å². The molecule has 0 saturated carbocycles. The second kappa shape index (κ2) is 6.51. The Morgan fingerprint density at radius 3 is 2.15 bits per heavy atom. The Morgan fingerprint density at radius 2 is 1.42 bits per heavy atom. The number of hydrogen-bond donors (Lipinski definition) is 1. The van der Waals surface area contributed by atoms with Gasteiger partial charge in [-0.2, -0.15) is 0 Å². The molecule has 2 heteroatoms. The molecule has 1 N–H and O–H groups in total. The van der Waals surface area contributed by atoms with E-state index in [9.17, 15) is 0 Å². The minimum atomic E-state index is 0.197. The first-order valence-corrected chi connectivity index (χ1v) is 10.0. The summed E-state index contributed by atoms with van der Waals surface area (Å²) in [5.74, 6) is 0.373. The van der Waals surface area contributed by atoms with Crippen LogP contribution in [0.5, 0.6) is 0 Å². The Labute approximate surface area is 160 Å². The van der Waals surface area contributed by atoms with Crippen molar-refractivity contribution in [3.05, 3.63) is 83.4 Å². The third kappa shape index (κ3) is 3.26. The minimum Gasteiger partial charge on any atom is -0.354 e. The molecule has 0 fully saturated rings. The zero-order valence-electron chi connectivity index (χ0n) is 15.8. The van der Waals surface area contributed by atoms with Gasteiger partial charge in [0.25, 0.3) is 0 Å². The van der Waals surface area contributed by atoms with Gasteiger partial charge in [0, 0.05) is 15.7 Å². The first kappa shape index (κ1) is 17.2. The normalized spacial score (nSPS) is 14.2. The van der Waals surface area contributed by atoms with E-state index < -0.39 is 0 Å². The summed E-state index contributed by atoms with van der Waals surface area (Å²) in [5.41, 5.74) is 6.70. The maximum atomic E-state index is 3.60. The molecule has 0 radical (unpaired) electrons. The van der Waals surface area contributed by atoms with Gasteiger partial charge in [-0.25, -0.2) is 0 Å². The predicted molar refractivity (Wildman–Crippen MR) is 113 cm³/mol. The number of nitrogens with one attached hydrogen (secondary N) is 1. The van der Waals surface area contributed by atoms with Crippen LogP contribution in [0.25, 0.3) is 0 Å². The predicted octanol–water partition coefficient (Wildman–Crippen LogP) is 7.34. The van der Waals surface area contributed by atoms with E-state index in [0.717, 1.165) is 0 Å². The van der Waals surface area contributed by atoms with Gasteiger partial charge in [-0.1, -0.05) is 81.9 Å². The molecule has 3 aromatic carbocycles. The molecule has 0 aromatic heterocycles. The van der Waals surface area contributed by atoms with Crippen LogP contribution < -0.4 is 5.32 Å². The molecule has 1 atom stereocenters. The fraction of sp³-hybridized carbons (Fsp3) is 0.250. The SMILES string of the molecule is CC(c1ccc(C(C)(C)C)cc1)c1ccc2c(c1)Nc1ccccc1S2. The summed E-state index contributed by atoms with van der Waals surface area (Å²) < 4.78 is 0. The van der Waals surface area contributed by atoms with Crippen LogP contribution in [0.1, 0.15) is 50.3 Å². The van der Waals surface area contributed by atoms with Crippen molar-refractivity contribution in [2.24, 2.45) is 0 Å². The van der Waals surface area contributed by atoms with E-state index in [-0.39, 0.29) is 5.41 Å². The van der Waals surface area contributed by atoms with Gasteiger partial charge in [0.15, 0.2) is 0 Å². The van der Waals surface area contributed by atoms with E-state index in [1.54, 1.807) is 0 Å². The summed E-state index contributed by atoms with van der Waals surface area (Å²) in [7, 11) is 0. The van der Waals surface area contributed by atoms with Crippen LogP contribution in [0.4, 0.5) is 11.4 Å². The molecule has 0 saturated heterocycles. The summed E-state index contributed by atoms with van der Waals surface area (Å²) in [5, 5.41) is 3.60. The maximum absolute atomic E-state index is 3.60. The molecule has 0 spiro atoms. The fourth-order valence-electron chi connectivity index (χ4n) is 3.39. The highest BCUT2D eigenvalue weighted by Gasteiger charge is 2.18. The second-order valence-electron chi connectivity index (χ2n) is 8.07. The quantitative estimate of drug-likeness (QED) is 0.402. The first-order chi connectivity index (χ1) is 12.4. The Hall–Kier alpha value is -2.19. The Morgan fingerprint density at radius 1 is 0.769 bits per heavy atom. The van der Waals surface area contributed by atoms with Gasteiger partial charge < -0.3 is 5.32 Å². The molecular weight excluding hydrogens is 334 g/mol. The molecular formula is C24H25NS. The Bertz CT molecular complexity index is 935. The van der Waals surface area contributed by atoms with Gasteiger partial charge in [-0.05, 0) is 46.4 Å². The highest BCUT2D eigenvalue weighted by atomic mass is 32.2. The highest BCUT2D eigenvalue weighted by Crippen LogP contribution is 2.45. The van der Waals surface area contributed by atoms with Crippen molar-refractivity contribution in [2.75, 3.05) is 5.32 Å². The van der Waals surface area contributed by atoms with Crippen molar-refractivity contribution in [3.8, 4) is 0 Å². The number of anilines is 2. The van der Waals surface area contributed by atoms with Gasteiger partial charge in [0.05, 0.1) is 11.4 Å². The minimum absolute atomic E-state index is 0.197. The molecule has 0 amide bonds. The van der Waals surface area contributed by atoms with E-state index in [2.05, 4.69) is 99.7 Å². The first-order valence-electron chi connectivity index (χ1n) is 9.20. The molecule has 0 aliphatic carbocycles. The lowest BCUT2D eigenvalue weighted by Crippen LogP contribution is -2.11. The summed E-state index contributed by atoms with van der Waals surface area (Å²) in [6, 6.07) is 24.4. The van der Waals surface area contributed by atoms with Crippen LogP contribution in [-0.4, -0.2) is 0 Å². The number of para-hydroxylation sites is 1. The third-order valence-electron chi connectivity index (χ3n) is 5.16. The van der Waals surface area contributed by atoms with Gasteiger partial charge in [-0.15, -0.1) is 0 Å². The monoisotopic (exact) mass is 359 g/mol. The average molecular weight is 360 g/mol. The second-order valence-corrected chi connectivity index (χ2v) is 9.16. The smallest absolute Gasteiger partial charge is 0.0529 e. The highest BCUT2D eigenvalue weighted by molar-refractivity contribution is 7.99. The van der Waals surface area contributed by atoms with E-state index in [1.807, 2.05) is 11.8 Å². The molecule has 0 bridgehead atoms. The van der Waals surface area contributed by atoms with Gasteiger partial charge in [0.2, 0.25) is 0 Å². The number of rotatable bonds is 2. The maximum Gasteiger partial charge on any atom is 0.0529 e. The van der Waals surface area contributed by atoms with Crippen molar-refractivity contribution in [1.82, 2.24) is 0 Å². The van der Waals surface area contributed by atoms with Crippen LogP contribution in [0, 0.1) is 0 Å². The molecule has 1 aliphatic heterocycles. The van der Waals surface area contributed by atoms with Crippen LogP contribution >= 0.6 is 11.8 Å². The lowest BCUT2D eigenvalue weighted by atomic mass is 9.85. The molecule has 4 rings (SSSR count). The van der Waals surface area contributed by atoms with Crippen LogP contribution in [0.2, 0.25) is 0 Å². The van der Waals surface area contributed by atoms with Crippen molar-refractivity contribution in [1.29, 1.82) is 0 Å². The Kier molecular flexibility index (Phi) is 4.32. The van der Waals surface area contributed by atoms with Crippen LogP contribution in [0.15, 0.2) is 76.5 Å². The van der Waals surface area contributed by atoms with Crippen molar-refractivity contribution in [3.63, 3.8) is 0 Å². The number of benzene rings is 3. The topological polar surface area (TPSA) is 12.0 Å². The molecule has 3 aromatic rings. The molecule has 1 heterocycles. The summed E-state index contributed by atoms with van der Waals surface area (Å²) in [4.78, 5) is 2.58. The largest absolute Gasteiger partial charge is 0.354 e. The summed E-state index contributed by atoms with van der Waals surface area (Å²) >= 11 is 1.84. The van der Waals surface area contributed by atoms with E-state index in [0.29, 0.717) is 5.92 Å². The summed E-state index contributed by atoms with van der Waals surface area (Å²) in [6.07, 6.45) is 0. The van der Waals surface area contributed by atoms with Crippen molar-refractivity contribution < 1.29 is 0 Å². The molecule has 26 heavy (non-hydrogen) atoms. The molecule has 132 valence electrons. The van der Waals surface area contributed by atoms with Crippen LogP contribution in [-0.2, 0) is 5.41 Å². The lowest BCUT2D eigenvalue weighted by molar-refractivity contribution is 0.590. The fourth-order valence-corrected chi connectivity index (χ4v) is 4.36. The van der Waals surface area contributed by atoms with Crippen molar-refractivity contribution >= 4 is 23.1 Å². The van der Waals surface area contributed by atoms with E-state index in [4.69, 9.17) is 0 Å². The van der Waals surface area contributed by atoms with Gasteiger partial charge >= 0.3 is 0 Å². The molecule has 1 nitrogen and oxygen atoms in total. The van der Waals surface area contributed by atoms with Gasteiger partial charge in [-0.3, -0.25) is 0 Å². The lowest BCUT2D eigenvalue weighted by Gasteiger charge is -2.23. The average Bonchev–Trinajstić information content (AvgIpc) is 2.64. The van der Waals surface area contributed by atoms with Crippen LogP contribution in [0.3, 0.4) is 0 Å². The van der Waals surface area contributed by atoms with Crippen molar-refractivity contribution in [2.45, 2.75) is 48.8 Å². The zero-order valence-corrected chi connectivity index (χ0v) is 16.7. The standard InChI is InChI=1S/C24H25NS/c1-16(17-9-12-19(13-10-17)24(2,3)4)18-11-14-23-21(15-18)25-20-7-5-6-8-22(20)26-23/h5-16,25H,1-4H3. The van der Waals surface area contributed by atoms with Gasteiger partial charge in [0.1, 0.15) is 0 Å². The third-order valence-corrected chi connectivity index (χ3v) is 6.31. The van der Waals surface area contributed by atoms with E-state index >= 15 is 0 Å². The Balaban J connectivity index is 1.61.